The summed E-state index contributed by atoms with van der Waals surface area (Å²) >= 11 is 0. The summed E-state index contributed by atoms with van der Waals surface area (Å²) in [6.45, 7) is 0. The monoisotopic (exact) mass is 290 g/mol. The molecule has 0 spiro atoms. The fraction of sp³-hybridized carbons (Fsp3) is 0.200. The van der Waals surface area contributed by atoms with Crippen molar-refractivity contribution in [1.29, 1.82) is 0 Å². The fourth-order valence-corrected chi connectivity index (χ4v) is 2.98. The molecule has 3 rings (SSSR count). The van der Waals surface area contributed by atoms with E-state index in [1.807, 2.05) is 36.4 Å². The molecule has 0 bridgehead atoms. The molecule has 0 atom stereocenters. The molecule has 2 aromatic carbocycles. The lowest BCUT2D eigenvalue weighted by Gasteiger charge is -2.34. The molecule has 0 unspecified atom stereocenters. The Balaban J connectivity index is 2.04. The SMILES string of the molecule is NC1(N)CCCC(=Cc2ccccc2)C1=Cc1ccccc1. The first-order chi connectivity index (χ1) is 10.6. The Morgan fingerprint density at radius 2 is 1.32 bits per heavy atom. The lowest BCUT2D eigenvalue weighted by atomic mass is 9.79. The first-order valence-electron chi connectivity index (χ1n) is 7.76. The summed E-state index contributed by atoms with van der Waals surface area (Å²) in [5.41, 5.74) is 16.6. The van der Waals surface area contributed by atoms with Gasteiger partial charge in [0.1, 0.15) is 0 Å². The number of rotatable bonds is 2. The highest BCUT2D eigenvalue weighted by molar-refractivity contribution is 5.69. The van der Waals surface area contributed by atoms with Crippen LogP contribution in [0.4, 0.5) is 0 Å². The normalized spacial score (nSPS) is 21.2. The highest BCUT2D eigenvalue weighted by Crippen LogP contribution is 2.35. The second-order valence-electron chi connectivity index (χ2n) is 5.94. The van der Waals surface area contributed by atoms with Crippen molar-refractivity contribution in [2.24, 2.45) is 11.5 Å². The van der Waals surface area contributed by atoms with Gasteiger partial charge in [0.25, 0.3) is 0 Å². The van der Waals surface area contributed by atoms with Crippen LogP contribution in [0.15, 0.2) is 71.8 Å². The van der Waals surface area contributed by atoms with Gasteiger partial charge in [-0.2, -0.15) is 0 Å². The number of nitrogens with two attached hydrogens (primary N) is 2. The highest BCUT2D eigenvalue weighted by Gasteiger charge is 2.30. The van der Waals surface area contributed by atoms with Crippen LogP contribution in [0.25, 0.3) is 12.2 Å². The molecular weight excluding hydrogens is 268 g/mol. The van der Waals surface area contributed by atoms with Crippen molar-refractivity contribution in [2.75, 3.05) is 0 Å². The molecule has 112 valence electrons. The Hall–Kier alpha value is -2.16. The van der Waals surface area contributed by atoms with Gasteiger partial charge < -0.3 is 11.5 Å². The maximum Gasteiger partial charge on any atom is 0.0902 e. The summed E-state index contributed by atoms with van der Waals surface area (Å²) in [7, 11) is 0. The maximum absolute atomic E-state index is 6.38. The third-order valence-corrected chi connectivity index (χ3v) is 4.14. The van der Waals surface area contributed by atoms with E-state index in [1.54, 1.807) is 0 Å². The van der Waals surface area contributed by atoms with Crippen molar-refractivity contribution in [1.82, 2.24) is 0 Å². The molecule has 1 saturated carbocycles. The molecular formula is C20H22N2. The predicted molar refractivity (Wildman–Crippen MR) is 93.8 cm³/mol. The first kappa shape index (κ1) is 14.8. The smallest absolute Gasteiger partial charge is 0.0902 e. The van der Waals surface area contributed by atoms with Gasteiger partial charge in [0, 0.05) is 0 Å². The van der Waals surface area contributed by atoms with Crippen LogP contribution < -0.4 is 11.5 Å². The van der Waals surface area contributed by atoms with Crippen LogP contribution >= 0.6 is 0 Å². The topological polar surface area (TPSA) is 52.0 Å². The average molecular weight is 290 g/mol. The zero-order chi connectivity index (χ0) is 15.4. The Labute approximate surface area is 132 Å². The molecule has 4 N–H and O–H groups in total. The van der Waals surface area contributed by atoms with E-state index in [4.69, 9.17) is 11.5 Å². The van der Waals surface area contributed by atoms with Crippen LogP contribution in [0.1, 0.15) is 30.4 Å². The largest absolute Gasteiger partial charge is 0.310 e. The molecule has 1 aliphatic rings. The molecule has 0 aliphatic heterocycles. The van der Waals surface area contributed by atoms with Crippen molar-refractivity contribution in [2.45, 2.75) is 24.9 Å². The van der Waals surface area contributed by atoms with Crippen molar-refractivity contribution in [3.63, 3.8) is 0 Å². The molecule has 0 radical (unpaired) electrons. The van der Waals surface area contributed by atoms with Crippen molar-refractivity contribution in [3.8, 4) is 0 Å². The molecule has 22 heavy (non-hydrogen) atoms. The zero-order valence-electron chi connectivity index (χ0n) is 12.7. The second kappa shape index (κ2) is 6.30. The molecule has 2 heteroatoms. The van der Waals surface area contributed by atoms with Gasteiger partial charge in [-0.3, -0.25) is 0 Å². The average Bonchev–Trinajstić information content (AvgIpc) is 2.53. The lowest BCUT2D eigenvalue weighted by molar-refractivity contribution is 0.438. The van der Waals surface area contributed by atoms with E-state index < -0.39 is 5.66 Å². The van der Waals surface area contributed by atoms with E-state index in [-0.39, 0.29) is 0 Å². The van der Waals surface area contributed by atoms with E-state index in [0.717, 1.165) is 30.4 Å². The van der Waals surface area contributed by atoms with Gasteiger partial charge >= 0.3 is 0 Å². The van der Waals surface area contributed by atoms with E-state index in [0.29, 0.717) is 0 Å². The van der Waals surface area contributed by atoms with Gasteiger partial charge in [-0.25, -0.2) is 0 Å². The summed E-state index contributed by atoms with van der Waals surface area (Å²) < 4.78 is 0. The van der Waals surface area contributed by atoms with Gasteiger partial charge in [-0.05, 0) is 47.6 Å². The van der Waals surface area contributed by atoms with Crippen molar-refractivity contribution in [3.05, 3.63) is 82.9 Å². The number of hydrogen-bond acceptors (Lipinski definition) is 2. The van der Waals surface area contributed by atoms with Crippen LogP contribution in [-0.2, 0) is 0 Å². The van der Waals surface area contributed by atoms with Crippen LogP contribution in [0.5, 0.6) is 0 Å². The summed E-state index contributed by atoms with van der Waals surface area (Å²) in [5, 5.41) is 0. The minimum absolute atomic E-state index is 0.755. The van der Waals surface area contributed by atoms with E-state index in [2.05, 4.69) is 36.4 Å². The Morgan fingerprint density at radius 1 is 0.773 bits per heavy atom. The second-order valence-corrected chi connectivity index (χ2v) is 5.94. The third-order valence-electron chi connectivity index (χ3n) is 4.14. The van der Waals surface area contributed by atoms with Gasteiger partial charge in [-0.1, -0.05) is 66.7 Å². The van der Waals surface area contributed by atoms with E-state index in [1.165, 1.54) is 11.1 Å². The van der Waals surface area contributed by atoms with Crippen LogP contribution in [0.2, 0.25) is 0 Å². The van der Waals surface area contributed by atoms with Gasteiger partial charge in [0.05, 0.1) is 5.66 Å². The molecule has 1 fully saturated rings. The molecule has 0 aromatic heterocycles. The number of benzene rings is 2. The van der Waals surface area contributed by atoms with Crippen LogP contribution in [0, 0.1) is 0 Å². The lowest BCUT2D eigenvalue weighted by Crippen LogP contribution is -2.53. The quantitative estimate of drug-likeness (QED) is 0.823. The minimum atomic E-state index is -0.755. The summed E-state index contributed by atoms with van der Waals surface area (Å²) in [4.78, 5) is 0. The number of hydrogen-bond donors (Lipinski definition) is 2. The summed E-state index contributed by atoms with van der Waals surface area (Å²) in [5.74, 6) is 0. The fourth-order valence-electron chi connectivity index (χ4n) is 2.98. The van der Waals surface area contributed by atoms with E-state index in [9.17, 15) is 0 Å². The Morgan fingerprint density at radius 3 is 1.91 bits per heavy atom. The van der Waals surface area contributed by atoms with Crippen LogP contribution in [-0.4, -0.2) is 5.66 Å². The minimum Gasteiger partial charge on any atom is -0.310 e. The summed E-state index contributed by atoms with van der Waals surface area (Å²) in [6, 6.07) is 20.6. The van der Waals surface area contributed by atoms with Crippen LogP contribution in [0.3, 0.4) is 0 Å². The van der Waals surface area contributed by atoms with Gasteiger partial charge in [0.15, 0.2) is 0 Å². The molecule has 1 aliphatic carbocycles. The van der Waals surface area contributed by atoms with Crippen molar-refractivity contribution >= 4 is 12.2 Å². The predicted octanol–water partition coefficient (Wildman–Crippen LogP) is 3.95. The zero-order valence-corrected chi connectivity index (χ0v) is 12.7. The summed E-state index contributed by atoms with van der Waals surface area (Å²) in [6.07, 6.45) is 7.20. The highest BCUT2D eigenvalue weighted by atomic mass is 15.0. The van der Waals surface area contributed by atoms with E-state index >= 15 is 0 Å². The Bertz CT molecular complexity index is 682. The molecule has 0 heterocycles. The molecule has 2 nitrogen and oxygen atoms in total. The standard InChI is InChI=1S/C20H22N2/c21-20(22)13-7-12-18(14-16-8-3-1-4-9-16)19(20)15-17-10-5-2-6-11-17/h1-6,8-11,14-15H,7,12-13,21-22H2. The molecule has 0 amide bonds. The Kier molecular flexibility index (Phi) is 4.23. The van der Waals surface area contributed by atoms with Gasteiger partial charge in [-0.15, -0.1) is 0 Å². The maximum atomic E-state index is 6.38. The van der Waals surface area contributed by atoms with Gasteiger partial charge in [0.2, 0.25) is 0 Å². The molecule has 2 aromatic rings. The van der Waals surface area contributed by atoms with Crippen molar-refractivity contribution < 1.29 is 0 Å². The first-order valence-corrected chi connectivity index (χ1v) is 7.76. The third kappa shape index (κ3) is 3.35. The molecule has 0 saturated heterocycles.